The van der Waals surface area contributed by atoms with Crippen LogP contribution in [-0.2, 0) is 4.74 Å². The Morgan fingerprint density at radius 3 is 2.88 bits per heavy atom. The van der Waals surface area contributed by atoms with Gasteiger partial charge in [-0.1, -0.05) is 0 Å². The fraction of sp³-hybridized carbons (Fsp3) is 0.667. The van der Waals surface area contributed by atoms with E-state index in [0.29, 0.717) is 24.9 Å². The second-order valence-electron chi connectivity index (χ2n) is 6.51. The summed E-state index contributed by atoms with van der Waals surface area (Å²) in [5.74, 6) is 1.05. The molecule has 1 unspecified atom stereocenters. The van der Waals surface area contributed by atoms with Crippen molar-refractivity contribution in [1.82, 2.24) is 20.4 Å². The Labute approximate surface area is 154 Å². The molecular formula is C18H29N5O3. The zero-order valence-electron chi connectivity index (χ0n) is 15.4. The quantitative estimate of drug-likeness (QED) is 0.432. The van der Waals surface area contributed by atoms with Gasteiger partial charge in [0, 0.05) is 45.3 Å². The number of guanidine groups is 1. The summed E-state index contributed by atoms with van der Waals surface area (Å²) < 4.78 is 10.5. The van der Waals surface area contributed by atoms with Gasteiger partial charge >= 0.3 is 0 Å². The molecule has 2 aliphatic heterocycles. The average Bonchev–Trinajstić information content (AvgIpc) is 3.37. The normalized spacial score (nSPS) is 21.8. The van der Waals surface area contributed by atoms with Gasteiger partial charge in [0.2, 0.25) is 0 Å². The molecule has 144 valence electrons. The van der Waals surface area contributed by atoms with E-state index in [1.807, 2.05) is 0 Å². The van der Waals surface area contributed by atoms with Gasteiger partial charge in [0.05, 0.1) is 26.0 Å². The fourth-order valence-corrected chi connectivity index (χ4v) is 3.43. The minimum Gasteiger partial charge on any atom is -0.459 e. The van der Waals surface area contributed by atoms with E-state index in [1.54, 1.807) is 12.1 Å². The van der Waals surface area contributed by atoms with E-state index < -0.39 is 0 Å². The summed E-state index contributed by atoms with van der Waals surface area (Å²) in [6.07, 6.45) is 2.65. The maximum absolute atomic E-state index is 11.9. The van der Waals surface area contributed by atoms with Crippen molar-refractivity contribution in [2.45, 2.75) is 19.4 Å². The molecule has 0 aromatic carbocycles. The summed E-state index contributed by atoms with van der Waals surface area (Å²) in [5.41, 5.74) is 0. The number of ether oxygens (including phenoxy) is 1. The Hall–Kier alpha value is -2.06. The van der Waals surface area contributed by atoms with E-state index in [1.165, 1.54) is 6.26 Å². The Bertz CT molecular complexity index is 584. The van der Waals surface area contributed by atoms with E-state index in [-0.39, 0.29) is 5.91 Å². The van der Waals surface area contributed by atoms with Crippen LogP contribution in [0.15, 0.2) is 27.8 Å². The number of likely N-dealkylation sites (tertiary alicyclic amines) is 1. The van der Waals surface area contributed by atoms with Crippen molar-refractivity contribution in [1.29, 1.82) is 0 Å². The zero-order valence-corrected chi connectivity index (χ0v) is 15.4. The van der Waals surface area contributed by atoms with E-state index >= 15 is 0 Å². The number of furan rings is 1. The van der Waals surface area contributed by atoms with Gasteiger partial charge in [-0.15, -0.1) is 0 Å². The molecule has 1 atom stereocenters. The van der Waals surface area contributed by atoms with Crippen LogP contribution in [0.5, 0.6) is 0 Å². The van der Waals surface area contributed by atoms with Crippen LogP contribution in [0.3, 0.4) is 0 Å². The van der Waals surface area contributed by atoms with Gasteiger partial charge < -0.3 is 24.7 Å². The highest BCUT2D eigenvalue weighted by Gasteiger charge is 2.30. The van der Waals surface area contributed by atoms with Gasteiger partial charge in [0.1, 0.15) is 0 Å². The largest absolute Gasteiger partial charge is 0.459 e. The van der Waals surface area contributed by atoms with Crippen molar-refractivity contribution in [3.8, 4) is 0 Å². The van der Waals surface area contributed by atoms with Gasteiger partial charge in [-0.2, -0.15) is 0 Å². The lowest BCUT2D eigenvalue weighted by molar-refractivity contribution is 0.0195. The van der Waals surface area contributed by atoms with Crippen LogP contribution in [0.1, 0.15) is 23.9 Å². The molecule has 3 heterocycles. The van der Waals surface area contributed by atoms with Crippen LogP contribution in [-0.4, -0.2) is 86.7 Å². The molecular weight excluding hydrogens is 334 g/mol. The van der Waals surface area contributed by atoms with Crippen molar-refractivity contribution in [3.63, 3.8) is 0 Å². The molecule has 8 heteroatoms. The number of nitrogens with zero attached hydrogens (tertiary/aromatic N) is 3. The first-order valence-electron chi connectivity index (χ1n) is 9.44. The number of rotatable bonds is 6. The number of carbonyl (C=O) groups excluding carboxylic acids is 1. The Kier molecular flexibility index (Phi) is 6.90. The number of aliphatic imine (C=N–C) groups is 1. The minimum atomic E-state index is -0.205. The van der Waals surface area contributed by atoms with Crippen LogP contribution >= 0.6 is 0 Å². The molecule has 1 amide bonds. The lowest BCUT2D eigenvalue weighted by Crippen LogP contribution is -2.46. The molecule has 0 aliphatic carbocycles. The molecule has 2 aliphatic rings. The highest BCUT2D eigenvalue weighted by molar-refractivity contribution is 5.91. The third-order valence-corrected chi connectivity index (χ3v) is 4.76. The molecule has 2 fully saturated rings. The minimum absolute atomic E-state index is 0.205. The topological polar surface area (TPSA) is 82.3 Å². The molecule has 0 saturated carbocycles. The summed E-state index contributed by atoms with van der Waals surface area (Å²) in [5, 5.41) is 6.19. The lowest BCUT2D eigenvalue weighted by atomic mass is 10.2. The number of hydrogen-bond donors (Lipinski definition) is 2. The summed E-state index contributed by atoms with van der Waals surface area (Å²) in [6.45, 7) is 9.62. The zero-order chi connectivity index (χ0) is 18.2. The second-order valence-corrected chi connectivity index (χ2v) is 6.51. The summed E-state index contributed by atoms with van der Waals surface area (Å²) in [6, 6.07) is 3.93. The van der Waals surface area contributed by atoms with Crippen molar-refractivity contribution in [2.24, 2.45) is 4.99 Å². The maximum atomic E-state index is 11.9. The second kappa shape index (κ2) is 9.59. The average molecular weight is 363 g/mol. The number of amides is 1. The SMILES string of the molecule is CCNC(=NCCNC(=O)c1ccco1)N1CCC(N2CCOCC2)C1. The first kappa shape index (κ1) is 18.7. The van der Waals surface area contributed by atoms with Gasteiger partial charge in [0.25, 0.3) is 5.91 Å². The first-order chi connectivity index (χ1) is 12.8. The third kappa shape index (κ3) is 4.98. The van der Waals surface area contributed by atoms with Crippen molar-refractivity contribution in [2.75, 3.05) is 59.0 Å². The third-order valence-electron chi connectivity index (χ3n) is 4.76. The van der Waals surface area contributed by atoms with E-state index in [9.17, 15) is 4.79 Å². The molecule has 26 heavy (non-hydrogen) atoms. The summed E-state index contributed by atoms with van der Waals surface area (Å²) >= 11 is 0. The molecule has 0 spiro atoms. The molecule has 1 aromatic heterocycles. The van der Waals surface area contributed by atoms with Crippen LogP contribution in [0, 0.1) is 0 Å². The Morgan fingerprint density at radius 2 is 2.15 bits per heavy atom. The van der Waals surface area contributed by atoms with Crippen LogP contribution in [0.25, 0.3) is 0 Å². The van der Waals surface area contributed by atoms with E-state index in [4.69, 9.17) is 9.15 Å². The Balaban J connectivity index is 1.46. The smallest absolute Gasteiger partial charge is 0.287 e. The number of hydrogen-bond acceptors (Lipinski definition) is 5. The monoisotopic (exact) mass is 363 g/mol. The number of morpholine rings is 1. The van der Waals surface area contributed by atoms with Crippen LogP contribution < -0.4 is 10.6 Å². The standard InChI is InChI=1S/C18H29N5O3/c1-2-19-18(21-7-6-20-17(24)16-4-3-11-26-16)23-8-5-15(14-23)22-9-12-25-13-10-22/h3-4,11,15H,2,5-10,12-14H2,1H3,(H,19,21)(H,20,24). The molecule has 8 nitrogen and oxygen atoms in total. The number of carbonyl (C=O) groups is 1. The fourth-order valence-electron chi connectivity index (χ4n) is 3.43. The van der Waals surface area contributed by atoms with Gasteiger partial charge in [0.15, 0.2) is 11.7 Å². The molecule has 1 aromatic rings. The predicted molar refractivity (Wildman–Crippen MR) is 99.4 cm³/mol. The van der Waals surface area contributed by atoms with Gasteiger partial charge in [-0.3, -0.25) is 14.7 Å². The van der Waals surface area contributed by atoms with Crippen molar-refractivity contribution >= 4 is 11.9 Å². The molecule has 2 N–H and O–H groups in total. The summed E-state index contributed by atoms with van der Waals surface area (Å²) in [4.78, 5) is 21.4. The highest BCUT2D eigenvalue weighted by atomic mass is 16.5. The molecule has 2 saturated heterocycles. The van der Waals surface area contributed by atoms with E-state index in [0.717, 1.165) is 58.3 Å². The first-order valence-corrected chi connectivity index (χ1v) is 9.44. The maximum Gasteiger partial charge on any atom is 0.287 e. The van der Waals surface area contributed by atoms with Crippen LogP contribution in [0.2, 0.25) is 0 Å². The van der Waals surface area contributed by atoms with Crippen molar-refractivity contribution < 1.29 is 13.9 Å². The lowest BCUT2D eigenvalue weighted by Gasteiger charge is -2.32. The highest BCUT2D eigenvalue weighted by Crippen LogP contribution is 2.17. The van der Waals surface area contributed by atoms with Crippen molar-refractivity contribution in [3.05, 3.63) is 24.2 Å². The number of nitrogens with one attached hydrogen (secondary N) is 2. The van der Waals surface area contributed by atoms with Crippen LogP contribution in [0.4, 0.5) is 0 Å². The molecule has 0 radical (unpaired) electrons. The molecule has 0 bridgehead atoms. The molecule has 3 rings (SSSR count). The predicted octanol–water partition coefficient (Wildman–Crippen LogP) is 0.381. The van der Waals surface area contributed by atoms with Gasteiger partial charge in [-0.05, 0) is 25.5 Å². The Morgan fingerprint density at radius 1 is 1.31 bits per heavy atom. The van der Waals surface area contributed by atoms with Gasteiger partial charge in [-0.25, -0.2) is 0 Å². The van der Waals surface area contributed by atoms with E-state index in [2.05, 4.69) is 32.3 Å². The summed E-state index contributed by atoms with van der Waals surface area (Å²) in [7, 11) is 0.